The van der Waals surface area contributed by atoms with Crippen LogP contribution in [0.2, 0.25) is 0 Å². The Morgan fingerprint density at radius 2 is 2.16 bits per heavy atom. The molecule has 0 bridgehead atoms. The number of carbonyl (C=O) groups excluding carboxylic acids is 1. The molecule has 0 spiro atoms. The summed E-state index contributed by atoms with van der Waals surface area (Å²) in [6, 6.07) is 11.5. The van der Waals surface area contributed by atoms with Crippen LogP contribution in [0, 0.1) is 0 Å². The Labute approximate surface area is 148 Å². The SMILES string of the molecule is CC1CC(C)(C)N(C)c2ccc(/C=N\NC(=O)c3ccccn3)cc21. The van der Waals surface area contributed by atoms with Gasteiger partial charge in [0, 0.05) is 24.5 Å². The fourth-order valence-corrected chi connectivity index (χ4v) is 3.40. The number of carbonyl (C=O) groups is 1. The van der Waals surface area contributed by atoms with E-state index in [0.29, 0.717) is 11.6 Å². The highest BCUT2D eigenvalue weighted by atomic mass is 16.2. The molecule has 1 aliphatic rings. The van der Waals surface area contributed by atoms with E-state index in [1.807, 2.05) is 6.07 Å². The van der Waals surface area contributed by atoms with Crippen LogP contribution in [0.3, 0.4) is 0 Å². The van der Waals surface area contributed by atoms with Crippen LogP contribution in [0.4, 0.5) is 5.69 Å². The van der Waals surface area contributed by atoms with Crippen LogP contribution in [0.25, 0.3) is 0 Å². The molecule has 5 heteroatoms. The number of nitrogens with zero attached hydrogens (tertiary/aromatic N) is 3. The predicted molar refractivity (Wildman–Crippen MR) is 101 cm³/mol. The Morgan fingerprint density at radius 1 is 1.36 bits per heavy atom. The summed E-state index contributed by atoms with van der Waals surface area (Å²) in [5.74, 6) is 0.169. The number of hydrazone groups is 1. The molecule has 0 radical (unpaired) electrons. The first-order valence-electron chi connectivity index (χ1n) is 8.51. The molecule has 25 heavy (non-hydrogen) atoms. The molecule has 5 nitrogen and oxygen atoms in total. The Balaban J connectivity index is 1.75. The van der Waals surface area contributed by atoms with Crippen LogP contribution >= 0.6 is 0 Å². The Bertz CT molecular complexity index is 799. The van der Waals surface area contributed by atoms with Gasteiger partial charge in [-0.15, -0.1) is 0 Å². The molecule has 0 fully saturated rings. The van der Waals surface area contributed by atoms with E-state index in [1.165, 1.54) is 11.3 Å². The van der Waals surface area contributed by atoms with Gasteiger partial charge in [0.05, 0.1) is 6.21 Å². The fourth-order valence-electron chi connectivity index (χ4n) is 3.40. The number of fused-ring (bicyclic) bond motifs is 1. The number of benzene rings is 1. The second kappa shape index (κ2) is 6.67. The minimum Gasteiger partial charge on any atom is -0.369 e. The van der Waals surface area contributed by atoms with Crippen molar-refractivity contribution in [2.75, 3.05) is 11.9 Å². The van der Waals surface area contributed by atoms with Gasteiger partial charge in [-0.3, -0.25) is 9.78 Å². The highest BCUT2D eigenvalue weighted by Gasteiger charge is 2.33. The summed E-state index contributed by atoms with van der Waals surface area (Å²) in [7, 11) is 2.14. The van der Waals surface area contributed by atoms with Gasteiger partial charge in [-0.25, -0.2) is 5.43 Å². The predicted octanol–water partition coefficient (Wildman–Crippen LogP) is 3.57. The molecule has 130 valence electrons. The molecule has 0 saturated carbocycles. The number of rotatable bonds is 3. The van der Waals surface area contributed by atoms with E-state index in [9.17, 15) is 4.79 Å². The van der Waals surface area contributed by atoms with Gasteiger partial charge < -0.3 is 4.90 Å². The number of pyridine rings is 1. The normalized spacial score (nSPS) is 18.9. The van der Waals surface area contributed by atoms with Crippen LogP contribution in [0.15, 0.2) is 47.7 Å². The lowest BCUT2D eigenvalue weighted by molar-refractivity contribution is 0.0950. The van der Waals surface area contributed by atoms with Crippen molar-refractivity contribution in [1.29, 1.82) is 0 Å². The van der Waals surface area contributed by atoms with Crippen LogP contribution in [-0.4, -0.2) is 29.7 Å². The second-order valence-corrected chi connectivity index (χ2v) is 7.21. The zero-order valence-electron chi connectivity index (χ0n) is 15.2. The molecule has 1 N–H and O–H groups in total. The summed E-state index contributed by atoms with van der Waals surface area (Å²) < 4.78 is 0. The number of anilines is 1. The Kier molecular flexibility index (Phi) is 4.57. The van der Waals surface area contributed by atoms with Crippen LogP contribution in [0.1, 0.15) is 54.7 Å². The monoisotopic (exact) mass is 336 g/mol. The highest BCUT2D eigenvalue weighted by Crippen LogP contribution is 2.42. The first kappa shape index (κ1) is 17.1. The number of hydrogen-bond donors (Lipinski definition) is 1. The summed E-state index contributed by atoms with van der Waals surface area (Å²) >= 11 is 0. The summed E-state index contributed by atoms with van der Waals surface area (Å²) in [4.78, 5) is 18.3. The first-order chi connectivity index (χ1) is 11.9. The van der Waals surface area contributed by atoms with E-state index in [2.05, 4.69) is 60.4 Å². The molecular weight excluding hydrogens is 312 g/mol. The molecule has 1 unspecified atom stereocenters. The zero-order valence-corrected chi connectivity index (χ0v) is 15.2. The summed E-state index contributed by atoms with van der Waals surface area (Å²) in [6.07, 6.45) is 4.36. The van der Waals surface area contributed by atoms with E-state index < -0.39 is 0 Å². The van der Waals surface area contributed by atoms with E-state index in [4.69, 9.17) is 0 Å². The van der Waals surface area contributed by atoms with Crippen molar-refractivity contribution < 1.29 is 4.79 Å². The molecule has 0 aliphatic carbocycles. The smallest absolute Gasteiger partial charge is 0.289 e. The van der Waals surface area contributed by atoms with Crippen LogP contribution in [0.5, 0.6) is 0 Å². The minimum atomic E-state index is -0.315. The molecule has 0 saturated heterocycles. The standard InChI is InChI=1S/C20H24N4O/c1-14-12-20(2,3)24(4)18-9-8-15(11-16(14)18)13-22-23-19(25)17-7-5-6-10-21-17/h5-11,13-14H,12H2,1-4H3,(H,23,25)/b22-13-. The van der Waals surface area contributed by atoms with Crippen LogP contribution in [-0.2, 0) is 0 Å². The Morgan fingerprint density at radius 3 is 2.88 bits per heavy atom. The molecular formula is C20H24N4O. The average Bonchev–Trinajstić information content (AvgIpc) is 2.60. The van der Waals surface area contributed by atoms with Crippen molar-refractivity contribution in [2.45, 2.75) is 38.6 Å². The van der Waals surface area contributed by atoms with Crippen molar-refractivity contribution in [3.63, 3.8) is 0 Å². The van der Waals surface area contributed by atoms with Gasteiger partial charge in [0.25, 0.3) is 5.91 Å². The van der Waals surface area contributed by atoms with Crippen molar-refractivity contribution in [3.05, 3.63) is 59.4 Å². The average molecular weight is 336 g/mol. The zero-order chi connectivity index (χ0) is 18.0. The quantitative estimate of drug-likeness (QED) is 0.688. The number of amides is 1. The van der Waals surface area contributed by atoms with Crippen molar-refractivity contribution in [2.24, 2.45) is 5.10 Å². The van der Waals surface area contributed by atoms with E-state index >= 15 is 0 Å². The maximum Gasteiger partial charge on any atom is 0.289 e. The van der Waals surface area contributed by atoms with E-state index in [-0.39, 0.29) is 11.4 Å². The lowest BCUT2D eigenvalue weighted by Crippen LogP contribution is -2.45. The van der Waals surface area contributed by atoms with Gasteiger partial charge in [0.2, 0.25) is 0 Å². The molecule has 2 heterocycles. The summed E-state index contributed by atoms with van der Waals surface area (Å²) in [6.45, 7) is 6.81. The van der Waals surface area contributed by atoms with Gasteiger partial charge in [0.15, 0.2) is 0 Å². The molecule has 2 aromatic rings. The third-order valence-corrected chi connectivity index (χ3v) is 4.93. The molecule has 1 atom stereocenters. The maximum atomic E-state index is 11.9. The Hall–Kier alpha value is -2.69. The number of hydrogen-bond acceptors (Lipinski definition) is 4. The van der Waals surface area contributed by atoms with Gasteiger partial charge in [-0.1, -0.05) is 19.1 Å². The molecule has 1 amide bonds. The van der Waals surface area contributed by atoms with Crippen molar-refractivity contribution in [3.8, 4) is 0 Å². The third kappa shape index (κ3) is 3.55. The van der Waals surface area contributed by atoms with E-state index in [1.54, 1.807) is 30.6 Å². The first-order valence-corrected chi connectivity index (χ1v) is 8.51. The fraction of sp³-hybridized carbons (Fsp3) is 0.350. The second-order valence-electron chi connectivity index (χ2n) is 7.21. The van der Waals surface area contributed by atoms with Crippen LogP contribution < -0.4 is 10.3 Å². The van der Waals surface area contributed by atoms with E-state index in [0.717, 1.165) is 12.0 Å². The minimum absolute atomic E-state index is 0.151. The topological polar surface area (TPSA) is 57.6 Å². The molecule has 1 aromatic carbocycles. The van der Waals surface area contributed by atoms with Gasteiger partial charge in [-0.05, 0) is 61.6 Å². The van der Waals surface area contributed by atoms with Crippen molar-refractivity contribution >= 4 is 17.8 Å². The highest BCUT2D eigenvalue weighted by molar-refractivity contribution is 5.93. The number of nitrogens with one attached hydrogen (secondary N) is 1. The van der Waals surface area contributed by atoms with Gasteiger partial charge in [0.1, 0.15) is 5.69 Å². The lowest BCUT2D eigenvalue weighted by atomic mass is 9.80. The number of aromatic nitrogens is 1. The molecule has 3 rings (SSSR count). The molecule has 1 aromatic heterocycles. The summed E-state index contributed by atoms with van der Waals surface area (Å²) in [5, 5.41) is 4.06. The lowest BCUT2D eigenvalue weighted by Gasteiger charge is -2.45. The van der Waals surface area contributed by atoms with Gasteiger partial charge in [-0.2, -0.15) is 5.10 Å². The van der Waals surface area contributed by atoms with Gasteiger partial charge >= 0.3 is 0 Å². The van der Waals surface area contributed by atoms with Crippen molar-refractivity contribution in [1.82, 2.24) is 10.4 Å². The summed E-state index contributed by atoms with van der Waals surface area (Å²) in [5.41, 5.74) is 6.58. The molecule has 1 aliphatic heterocycles. The maximum absolute atomic E-state index is 11.9. The largest absolute Gasteiger partial charge is 0.369 e. The third-order valence-electron chi connectivity index (χ3n) is 4.93.